The van der Waals surface area contributed by atoms with Crippen LogP contribution in [0.4, 0.5) is 5.69 Å². The molecule has 0 spiro atoms. The summed E-state index contributed by atoms with van der Waals surface area (Å²) in [5, 5.41) is 3.86. The number of carbonyl (C=O) groups is 2. The van der Waals surface area contributed by atoms with E-state index in [0.29, 0.717) is 18.5 Å². The van der Waals surface area contributed by atoms with Gasteiger partial charge in [-0.15, -0.1) is 0 Å². The zero-order chi connectivity index (χ0) is 14.1. The Bertz CT molecular complexity index is 678. The summed E-state index contributed by atoms with van der Waals surface area (Å²) in [5.74, 6) is -0.141. The summed E-state index contributed by atoms with van der Waals surface area (Å²) in [5.41, 5.74) is 1.44. The topological polar surface area (TPSA) is 62.3 Å². The molecule has 0 aliphatic carbocycles. The maximum absolute atomic E-state index is 12.3. The number of likely N-dealkylation sites (N-methyl/N-ethyl adjacent to an activating group) is 1. The van der Waals surface area contributed by atoms with Gasteiger partial charge in [-0.25, -0.2) is 0 Å². The average Bonchev–Trinajstić information content (AvgIpc) is 2.79. The smallest absolute Gasteiger partial charge is 0.247 e. The molecule has 1 atom stereocenters. The number of pyridine rings is 1. The van der Waals surface area contributed by atoms with Gasteiger partial charge in [0.25, 0.3) is 0 Å². The molecule has 1 aromatic carbocycles. The number of rotatable bonds is 2. The highest BCUT2D eigenvalue weighted by Gasteiger charge is 2.33. The van der Waals surface area contributed by atoms with Gasteiger partial charge in [-0.1, -0.05) is 18.2 Å². The molecule has 1 aromatic heterocycles. The number of amides is 2. The summed E-state index contributed by atoms with van der Waals surface area (Å²) in [6.07, 6.45) is 2.70. The molecule has 2 amide bonds. The molecule has 1 saturated heterocycles. The second-order valence-corrected chi connectivity index (χ2v) is 4.93. The molecule has 102 valence electrons. The summed E-state index contributed by atoms with van der Waals surface area (Å²) in [7, 11) is 1.67. The number of para-hydroxylation sites is 1. The third-order valence-corrected chi connectivity index (χ3v) is 3.69. The molecule has 1 unspecified atom stereocenters. The van der Waals surface area contributed by atoms with Gasteiger partial charge in [0, 0.05) is 25.1 Å². The lowest BCUT2D eigenvalue weighted by Gasteiger charge is -2.19. The Kier molecular flexibility index (Phi) is 3.10. The highest BCUT2D eigenvalue weighted by molar-refractivity contribution is 6.04. The van der Waals surface area contributed by atoms with Crippen molar-refractivity contribution in [3.05, 3.63) is 36.5 Å². The van der Waals surface area contributed by atoms with Crippen molar-refractivity contribution in [3.63, 3.8) is 0 Å². The molecule has 0 saturated carbocycles. The van der Waals surface area contributed by atoms with Crippen molar-refractivity contribution in [1.82, 2.24) is 9.88 Å². The fourth-order valence-electron chi connectivity index (χ4n) is 2.53. The molecule has 1 aliphatic heterocycles. The number of hydrogen-bond acceptors (Lipinski definition) is 3. The molecule has 2 heterocycles. The number of anilines is 1. The van der Waals surface area contributed by atoms with Crippen LogP contribution >= 0.6 is 0 Å². The lowest BCUT2D eigenvalue weighted by Crippen LogP contribution is -2.38. The maximum atomic E-state index is 12.3. The first kappa shape index (κ1) is 12.6. The van der Waals surface area contributed by atoms with E-state index < -0.39 is 0 Å². The van der Waals surface area contributed by atoms with Crippen molar-refractivity contribution in [2.45, 2.75) is 18.9 Å². The van der Waals surface area contributed by atoms with E-state index in [-0.39, 0.29) is 17.9 Å². The van der Waals surface area contributed by atoms with Gasteiger partial charge in [-0.3, -0.25) is 14.6 Å². The van der Waals surface area contributed by atoms with E-state index in [1.54, 1.807) is 13.2 Å². The minimum Gasteiger partial charge on any atom is -0.334 e. The Balaban J connectivity index is 1.86. The van der Waals surface area contributed by atoms with Crippen LogP contribution in [-0.4, -0.2) is 34.8 Å². The minimum absolute atomic E-state index is 0.0150. The molecular weight excluding hydrogens is 254 g/mol. The SMILES string of the molecule is CN1C(=O)CCC1C(=O)Nc1cccc2cccnc12. The minimum atomic E-state index is -0.388. The van der Waals surface area contributed by atoms with Gasteiger partial charge in [0.15, 0.2) is 0 Å². The lowest BCUT2D eigenvalue weighted by atomic mass is 10.1. The van der Waals surface area contributed by atoms with Crippen molar-refractivity contribution in [2.24, 2.45) is 0 Å². The number of likely N-dealkylation sites (tertiary alicyclic amines) is 1. The van der Waals surface area contributed by atoms with E-state index in [9.17, 15) is 9.59 Å². The van der Waals surface area contributed by atoms with Gasteiger partial charge >= 0.3 is 0 Å². The molecule has 2 aromatic rings. The number of benzene rings is 1. The summed E-state index contributed by atoms with van der Waals surface area (Å²) >= 11 is 0. The van der Waals surface area contributed by atoms with Crippen molar-refractivity contribution < 1.29 is 9.59 Å². The zero-order valence-electron chi connectivity index (χ0n) is 11.2. The summed E-state index contributed by atoms with van der Waals surface area (Å²) in [6.45, 7) is 0. The predicted molar refractivity (Wildman–Crippen MR) is 76.2 cm³/mol. The summed E-state index contributed by atoms with van der Waals surface area (Å²) < 4.78 is 0. The molecule has 20 heavy (non-hydrogen) atoms. The molecule has 5 nitrogen and oxygen atoms in total. The second-order valence-electron chi connectivity index (χ2n) is 4.93. The quantitative estimate of drug-likeness (QED) is 0.904. The van der Waals surface area contributed by atoms with E-state index in [2.05, 4.69) is 10.3 Å². The number of hydrogen-bond donors (Lipinski definition) is 1. The summed E-state index contributed by atoms with van der Waals surface area (Å²) in [6, 6.07) is 9.07. The second kappa shape index (κ2) is 4.92. The number of carbonyl (C=O) groups excluding carboxylic acids is 2. The number of nitrogens with one attached hydrogen (secondary N) is 1. The zero-order valence-corrected chi connectivity index (χ0v) is 11.2. The van der Waals surface area contributed by atoms with E-state index >= 15 is 0 Å². The molecule has 1 fully saturated rings. The average molecular weight is 269 g/mol. The molecule has 3 rings (SSSR count). The Morgan fingerprint density at radius 3 is 2.90 bits per heavy atom. The molecule has 1 N–H and O–H groups in total. The molecular formula is C15H15N3O2. The van der Waals surface area contributed by atoms with Gasteiger partial charge in [-0.2, -0.15) is 0 Å². The Hall–Kier alpha value is -2.43. The first-order chi connectivity index (χ1) is 9.66. The maximum Gasteiger partial charge on any atom is 0.247 e. The van der Waals surface area contributed by atoms with Crippen molar-refractivity contribution in [3.8, 4) is 0 Å². The fourth-order valence-corrected chi connectivity index (χ4v) is 2.53. The van der Waals surface area contributed by atoms with Crippen LogP contribution in [0.5, 0.6) is 0 Å². The van der Waals surface area contributed by atoms with Crippen LogP contribution in [0.3, 0.4) is 0 Å². The first-order valence-corrected chi connectivity index (χ1v) is 6.57. The molecule has 5 heteroatoms. The Morgan fingerprint density at radius 2 is 2.15 bits per heavy atom. The number of nitrogens with zero attached hydrogens (tertiary/aromatic N) is 2. The first-order valence-electron chi connectivity index (χ1n) is 6.57. The lowest BCUT2D eigenvalue weighted by molar-refractivity contribution is -0.131. The molecule has 0 radical (unpaired) electrons. The van der Waals surface area contributed by atoms with E-state index in [1.165, 1.54) is 4.90 Å². The largest absolute Gasteiger partial charge is 0.334 e. The van der Waals surface area contributed by atoms with Crippen LogP contribution in [0.2, 0.25) is 0 Å². The van der Waals surface area contributed by atoms with Crippen molar-refractivity contribution >= 4 is 28.4 Å². The van der Waals surface area contributed by atoms with E-state index in [4.69, 9.17) is 0 Å². The monoisotopic (exact) mass is 269 g/mol. The fraction of sp³-hybridized carbons (Fsp3) is 0.267. The van der Waals surface area contributed by atoms with Crippen LogP contribution in [0.25, 0.3) is 10.9 Å². The Labute approximate surface area is 116 Å². The van der Waals surface area contributed by atoms with Gasteiger partial charge in [0.2, 0.25) is 11.8 Å². The highest BCUT2D eigenvalue weighted by atomic mass is 16.2. The number of aromatic nitrogens is 1. The van der Waals surface area contributed by atoms with Crippen LogP contribution in [0, 0.1) is 0 Å². The van der Waals surface area contributed by atoms with Crippen molar-refractivity contribution in [1.29, 1.82) is 0 Å². The molecule has 1 aliphatic rings. The summed E-state index contributed by atoms with van der Waals surface area (Å²) in [4.78, 5) is 29.6. The van der Waals surface area contributed by atoms with Crippen LogP contribution in [0.1, 0.15) is 12.8 Å². The van der Waals surface area contributed by atoms with Gasteiger partial charge in [0.05, 0.1) is 11.2 Å². The predicted octanol–water partition coefficient (Wildman–Crippen LogP) is 1.79. The van der Waals surface area contributed by atoms with Crippen molar-refractivity contribution in [2.75, 3.05) is 12.4 Å². The Morgan fingerprint density at radius 1 is 1.35 bits per heavy atom. The van der Waals surface area contributed by atoms with E-state index in [0.717, 1.165) is 10.9 Å². The molecule has 0 bridgehead atoms. The van der Waals surface area contributed by atoms with Gasteiger partial charge in [-0.05, 0) is 18.6 Å². The third kappa shape index (κ3) is 2.11. The van der Waals surface area contributed by atoms with E-state index in [1.807, 2.05) is 30.3 Å². The third-order valence-electron chi connectivity index (χ3n) is 3.69. The highest BCUT2D eigenvalue weighted by Crippen LogP contribution is 2.23. The van der Waals surface area contributed by atoms with Gasteiger partial charge < -0.3 is 10.2 Å². The number of fused-ring (bicyclic) bond motifs is 1. The standard InChI is InChI=1S/C15H15N3O2/c1-18-12(7-8-13(18)19)15(20)17-11-6-2-4-10-5-3-9-16-14(10)11/h2-6,9,12H,7-8H2,1H3,(H,17,20). The van der Waals surface area contributed by atoms with Crippen LogP contribution in [-0.2, 0) is 9.59 Å². The van der Waals surface area contributed by atoms with Crippen LogP contribution < -0.4 is 5.32 Å². The van der Waals surface area contributed by atoms with Crippen LogP contribution in [0.15, 0.2) is 36.5 Å². The van der Waals surface area contributed by atoms with Gasteiger partial charge in [0.1, 0.15) is 6.04 Å². The normalized spacial score (nSPS) is 18.6.